The molecule has 0 unspecified atom stereocenters. The molecule has 0 saturated carbocycles. The Labute approximate surface area is 121 Å². The van der Waals surface area contributed by atoms with E-state index in [2.05, 4.69) is 58.6 Å². The highest BCUT2D eigenvalue weighted by Crippen LogP contribution is 2.09. The fraction of sp³-hybridized carbons (Fsp3) is 0.500. The molecule has 1 aromatic carbocycles. The molecular formula is C16H24N4. The van der Waals surface area contributed by atoms with E-state index in [-0.39, 0.29) is 0 Å². The number of benzene rings is 1. The summed E-state index contributed by atoms with van der Waals surface area (Å²) >= 11 is 0. The van der Waals surface area contributed by atoms with Crippen LogP contribution in [0.2, 0.25) is 0 Å². The summed E-state index contributed by atoms with van der Waals surface area (Å²) in [6, 6.07) is 8.93. The van der Waals surface area contributed by atoms with E-state index in [1.54, 1.807) is 6.33 Å². The number of aromatic nitrogens is 3. The molecule has 0 saturated heterocycles. The van der Waals surface area contributed by atoms with Gasteiger partial charge in [-0.1, -0.05) is 38.1 Å². The van der Waals surface area contributed by atoms with Gasteiger partial charge in [0.2, 0.25) is 0 Å². The van der Waals surface area contributed by atoms with E-state index < -0.39 is 0 Å². The normalized spacial score (nSPS) is 11.2. The Morgan fingerprint density at radius 1 is 1.15 bits per heavy atom. The van der Waals surface area contributed by atoms with Crippen LogP contribution in [-0.4, -0.2) is 21.7 Å². The van der Waals surface area contributed by atoms with Crippen molar-refractivity contribution in [3.05, 3.63) is 47.5 Å². The maximum absolute atomic E-state index is 4.11. The first-order chi connectivity index (χ1) is 9.74. The van der Waals surface area contributed by atoms with Crippen molar-refractivity contribution in [2.75, 3.05) is 6.54 Å². The number of nitrogens with one attached hydrogen (secondary N) is 2. The van der Waals surface area contributed by atoms with Crippen molar-refractivity contribution < 1.29 is 0 Å². The lowest BCUT2D eigenvalue weighted by atomic mass is 10.0. The maximum atomic E-state index is 4.11. The summed E-state index contributed by atoms with van der Waals surface area (Å²) in [6.07, 6.45) is 4.73. The van der Waals surface area contributed by atoms with Crippen molar-refractivity contribution in [1.82, 2.24) is 20.5 Å². The van der Waals surface area contributed by atoms with Gasteiger partial charge in [-0.2, -0.15) is 5.10 Å². The lowest BCUT2D eigenvalue weighted by molar-refractivity contribution is 0.636. The van der Waals surface area contributed by atoms with Gasteiger partial charge in [0.15, 0.2) is 0 Å². The van der Waals surface area contributed by atoms with Gasteiger partial charge in [-0.25, -0.2) is 4.98 Å². The first-order valence-electron chi connectivity index (χ1n) is 7.37. The molecule has 0 amide bonds. The third-order valence-corrected chi connectivity index (χ3v) is 3.23. The molecule has 1 heterocycles. The van der Waals surface area contributed by atoms with Crippen LogP contribution in [0.1, 0.15) is 37.2 Å². The Hall–Kier alpha value is -1.68. The largest absolute Gasteiger partial charge is 0.313 e. The zero-order chi connectivity index (χ0) is 14.2. The van der Waals surface area contributed by atoms with Crippen molar-refractivity contribution in [1.29, 1.82) is 0 Å². The Kier molecular flexibility index (Phi) is 5.74. The molecular weight excluding hydrogens is 248 g/mol. The van der Waals surface area contributed by atoms with Gasteiger partial charge in [0, 0.05) is 13.0 Å². The number of hydrogen-bond donors (Lipinski definition) is 2. The van der Waals surface area contributed by atoms with Crippen LogP contribution >= 0.6 is 0 Å². The number of H-pyrrole nitrogens is 1. The SMILES string of the molecule is CC(C)Cc1ccc(CNCCCc2ncn[nH]2)cc1. The summed E-state index contributed by atoms with van der Waals surface area (Å²) in [4.78, 5) is 4.11. The number of rotatable bonds is 8. The molecule has 0 bridgehead atoms. The maximum Gasteiger partial charge on any atom is 0.137 e. The van der Waals surface area contributed by atoms with Gasteiger partial charge in [-0.05, 0) is 36.4 Å². The van der Waals surface area contributed by atoms with E-state index in [9.17, 15) is 0 Å². The Bertz CT molecular complexity index is 474. The summed E-state index contributed by atoms with van der Waals surface area (Å²) < 4.78 is 0. The molecule has 20 heavy (non-hydrogen) atoms. The van der Waals surface area contributed by atoms with Crippen LogP contribution < -0.4 is 5.32 Å². The zero-order valence-electron chi connectivity index (χ0n) is 12.4. The monoisotopic (exact) mass is 272 g/mol. The number of aryl methyl sites for hydroxylation is 1. The standard InChI is InChI=1S/C16H24N4/c1-13(2)10-14-5-7-15(8-6-14)11-17-9-3-4-16-18-12-19-20-16/h5-8,12-13,17H,3-4,9-11H2,1-2H3,(H,18,19,20). The van der Waals surface area contributed by atoms with E-state index in [0.717, 1.165) is 44.1 Å². The van der Waals surface area contributed by atoms with Gasteiger partial charge in [0.05, 0.1) is 0 Å². The van der Waals surface area contributed by atoms with Crippen LogP contribution in [-0.2, 0) is 19.4 Å². The van der Waals surface area contributed by atoms with Crippen LogP contribution in [0.4, 0.5) is 0 Å². The molecule has 0 aliphatic carbocycles. The minimum atomic E-state index is 0.718. The Morgan fingerprint density at radius 3 is 2.55 bits per heavy atom. The van der Waals surface area contributed by atoms with Gasteiger partial charge < -0.3 is 5.32 Å². The van der Waals surface area contributed by atoms with E-state index in [4.69, 9.17) is 0 Å². The highest BCUT2D eigenvalue weighted by atomic mass is 15.2. The molecule has 2 N–H and O–H groups in total. The van der Waals surface area contributed by atoms with Crippen LogP contribution in [0, 0.1) is 5.92 Å². The molecule has 0 radical (unpaired) electrons. The molecule has 2 rings (SSSR count). The minimum absolute atomic E-state index is 0.718. The van der Waals surface area contributed by atoms with Crippen LogP contribution in [0.3, 0.4) is 0 Å². The fourth-order valence-electron chi connectivity index (χ4n) is 2.23. The molecule has 108 valence electrons. The van der Waals surface area contributed by atoms with Crippen LogP contribution in [0.25, 0.3) is 0 Å². The van der Waals surface area contributed by atoms with Crippen molar-refractivity contribution >= 4 is 0 Å². The Morgan fingerprint density at radius 2 is 1.90 bits per heavy atom. The average molecular weight is 272 g/mol. The lowest BCUT2D eigenvalue weighted by Gasteiger charge is -2.07. The summed E-state index contributed by atoms with van der Waals surface area (Å²) in [5.41, 5.74) is 2.77. The predicted octanol–water partition coefficient (Wildman–Crippen LogP) is 2.73. The van der Waals surface area contributed by atoms with Crippen LogP contribution in [0.5, 0.6) is 0 Å². The summed E-state index contributed by atoms with van der Waals surface area (Å²) in [7, 11) is 0. The summed E-state index contributed by atoms with van der Waals surface area (Å²) in [5.74, 6) is 1.68. The lowest BCUT2D eigenvalue weighted by Crippen LogP contribution is -2.15. The summed E-state index contributed by atoms with van der Waals surface area (Å²) in [6.45, 7) is 6.43. The van der Waals surface area contributed by atoms with Gasteiger partial charge in [-0.15, -0.1) is 0 Å². The van der Waals surface area contributed by atoms with E-state index in [0.29, 0.717) is 0 Å². The minimum Gasteiger partial charge on any atom is -0.313 e. The molecule has 0 spiro atoms. The first-order valence-corrected chi connectivity index (χ1v) is 7.37. The van der Waals surface area contributed by atoms with Gasteiger partial charge >= 0.3 is 0 Å². The quantitative estimate of drug-likeness (QED) is 0.727. The van der Waals surface area contributed by atoms with Crippen molar-refractivity contribution in [2.45, 2.75) is 39.7 Å². The first kappa shape index (κ1) is 14.7. The molecule has 0 aliphatic heterocycles. The number of nitrogens with zero attached hydrogens (tertiary/aromatic N) is 2. The molecule has 1 aromatic heterocycles. The van der Waals surface area contributed by atoms with Gasteiger partial charge in [-0.3, -0.25) is 5.10 Å². The predicted molar refractivity (Wildman–Crippen MR) is 81.4 cm³/mol. The van der Waals surface area contributed by atoms with Crippen molar-refractivity contribution in [3.8, 4) is 0 Å². The van der Waals surface area contributed by atoms with Gasteiger partial charge in [0.1, 0.15) is 12.2 Å². The van der Waals surface area contributed by atoms with E-state index >= 15 is 0 Å². The average Bonchev–Trinajstić information content (AvgIpc) is 2.93. The second kappa shape index (κ2) is 7.80. The van der Waals surface area contributed by atoms with Gasteiger partial charge in [0.25, 0.3) is 0 Å². The van der Waals surface area contributed by atoms with Crippen LogP contribution in [0.15, 0.2) is 30.6 Å². The smallest absolute Gasteiger partial charge is 0.137 e. The number of aromatic amines is 1. The molecule has 2 aromatic rings. The topological polar surface area (TPSA) is 53.6 Å². The molecule has 0 atom stereocenters. The highest BCUT2D eigenvalue weighted by Gasteiger charge is 1.99. The second-order valence-electron chi connectivity index (χ2n) is 5.63. The highest BCUT2D eigenvalue weighted by molar-refractivity contribution is 5.22. The van der Waals surface area contributed by atoms with E-state index in [1.165, 1.54) is 11.1 Å². The zero-order valence-corrected chi connectivity index (χ0v) is 12.4. The third-order valence-electron chi connectivity index (χ3n) is 3.23. The second-order valence-corrected chi connectivity index (χ2v) is 5.63. The third kappa shape index (κ3) is 5.13. The molecule has 4 heteroatoms. The fourth-order valence-corrected chi connectivity index (χ4v) is 2.23. The van der Waals surface area contributed by atoms with Crippen molar-refractivity contribution in [3.63, 3.8) is 0 Å². The number of hydrogen-bond acceptors (Lipinski definition) is 3. The Balaban J connectivity index is 1.64. The molecule has 0 fully saturated rings. The molecule has 4 nitrogen and oxygen atoms in total. The summed E-state index contributed by atoms with van der Waals surface area (Å²) in [5, 5.41) is 10.2. The van der Waals surface area contributed by atoms with E-state index in [1.807, 2.05) is 0 Å². The van der Waals surface area contributed by atoms with Crippen molar-refractivity contribution in [2.24, 2.45) is 5.92 Å². The molecule has 0 aliphatic rings.